The van der Waals surface area contributed by atoms with Crippen LogP contribution in [-0.2, 0) is 30.4 Å². The number of hydrogen-bond donors (Lipinski definition) is 8. The number of nitrogens with one attached hydrogen (secondary N) is 4. The molecular weight excluding hydrogens is 518 g/mol. The summed E-state index contributed by atoms with van der Waals surface area (Å²) in [6, 6.07) is 2.82. The molecule has 4 unspecified atom stereocenters. The van der Waals surface area contributed by atoms with Crippen LogP contribution in [0.3, 0.4) is 0 Å². The highest BCUT2D eigenvalue weighted by Crippen LogP contribution is 2.19. The number of unbranched alkanes of at least 4 members (excludes halogenated alkanes) is 1. The summed E-state index contributed by atoms with van der Waals surface area (Å²) in [7, 11) is 0. The fraction of sp³-hybridized carbons (Fsp3) is 0.519. The number of carboxylic acids is 1. The molecule has 0 aliphatic carbocycles. The van der Waals surface area contributed by atoms with Crippen LogP contribution in [0.4, 0.5) is 0 Å². The van der Waals surface area contributed by atoms with E-state index >= 15 is 0 Å². The van der Waals surface area contributed by atoms with Crippen LogP contribution < -0.4 is 33.2 Å². The second-order valence-electron chi connectivity index (χ2n) is 10.3. The number of rotatable bonds is 17. The Kier molecular flexibility index (Phi) is 12.6. The van der Waals surface area contributed by atoms with Crippen LogP contribution >= 0.6 is 0 Å². The predicted octanol–water partition coefficient (Wildman–Crippen LogP) is -0.373. The van der Waals surface area contributed by atoms with Gasteiger partial charge in [0.15, 0.2) is 0 Å². The molecule has 0 aliphatic heterocycles. The van der Waals surface area contributed by atoms with Crippen molar-refractivity contribution in [1.29, 1.82) is 0 Å². The first-order valence-corrected chi connectivity index (χ1v) is 13.4. The average Bonchev–Trinajstić information content (AvgIpc) is 3.29. The highest BCUT2D eigenvalue weighted by atomic mass is 16.4. The molecule has 0 saturated carbocycles. The molecular formula is C27H41N7O6. The van der Waals surface area contributed by atoms with Crippen molar-refractivity contribution in [3.8, 4) is 0 Å². The Morgan fingerprint density at radius 1 is 0.925 bits per heavy atom. The Balaban J connectivity index is 2.11. The summed E-state index contributed by atoms with van der Waals surface area (Å²) in [6.45, 7) is 4.05. The Bertz CT molecular complexity index is 1180. The van der Waals surface area contributed by atoms with E-state index in [9.17, 15) is 29.1 Å². The second-order valence-corrected chi connectivity index (χ2v) is 10.3. The number of carboxylic acid groups (broad SMARTS) is 1. The number of H-pyrrole nitrogens is 1. The smallest absolute Gasteiger partial charge is 0.326 e. The number of aromatic amines is 1. The molecule has 0 saturated heterocycles. The summed E-state index contributed by atoms with van der Waals surface area (Å²) < 4.78 is 0. The number of nitrogens with two attached hydrogens (primary N) is 3. The maximum absolute atomic E-state index is 13.2. The monoisotopic (exact) mass is 559 g/mol. The largest absolute Gasteiger partial charge is 0.480 e. The molecule has 40 heavy (non-hydrogen) atoms. The zero-order valence-corrected chi connectivity index (χ0v) is 22.9. The van der Waals surface area contributed by atoms with E-state index in [1.165, 1.54) is 0 Å². The molecule has 0 radical (unpaired) electrons. The van der Waals surface area contributed by atoms with Gasteiger partial charge < -0.3 is 43.2 Å². The number of fused-ring (bicyclic) bond motifs is 1. The van der Waals surface area contributed by atoms with E-state index < -0.39 is 60.2 Å². The molecule has 1 aromatic carbocycles. The fourth-order valence-electron chi connectivity index (χ4n) is 4.32. The molecule has 0 fully saturated rings. The van der Waals surface area contributed by atoms with Crippen LogP contribution in [0.5, 0.6) is 0 Å². The van der Waals surface area contributed by atoms with E-state index in [2.05, 4.69) is 20.9 Å². The third-order valence-corrected chi connectivity index (χ3v) is 6.39. The van der Waals surface area contributed by atoms with Gasteiger partial charge in [0.05, 0.1) is 12.5 Å². The summed E-state index contributed by atoms with van der Waals surface area (Å²) in [6.07, 6.45) is 2.85. The molecule has 13 heteroatoms. The van der Waals surface area contributed by atoms with E-state index in [4.69, 9.17) is 17.2 Å². The van der Waals surface area contributed by atoms with Crippen LogP contribution in [0, 0.1) is 5.92 Å². The van der Waals surface area contributed by atoms with Gasteiger partial charge in [-0.1, -0.05) is 32.0 Å². The standard InChI is InChI=1S/C27H41N7O6/c1-15(2)11-21(25(37)32-20(27(39)40)9-5-6-10-28)34-26(38)22(13-23(30)35)33-24(36)18(29)12-16-14-31-19-8-4-3-7-17(16)19/h3-4,7-8,14-15,18,20-22,31H,5-6,9-13,28-29H2,1-2H3,(H2,30,35)(H,32,37)(H,33,36)(H,34,38)(H,39,40). The molecule has 13 nitrogen and oxygen atoms in total. The van der Waals surface area contributed by atoms with Crippen molar-refractivity contribution in [2.45, 2.75) is 76.5 Å². The lowest BCUT2D eigenvalue weighted by Crippen LogP contribution is -2.58. The summed E-state index contributed by atoms with van der Waals surface area (Å²) in [5.74, 6) is -4.29. The minimum absolute atomic E-state index is 0.0506. The molecule has 220 valence electrons. The van der Waals surface area contributed by atoms with Crippen molar-refractivity contribution < 1.29 is 29.1 Å². The molecule has 11 N–H and O–H groups in total. The fourth-order valence-corrected chi connectivity index (χ4v) is 4.32. The number of primary amides is 1. The lowest BCUT2D eigenvalue weighted by atomic mass is 10.0. The normalized spacial score (nSPS) is 14.2. The van der Waals surface area contributed by atoms with E-state index in [0.717, 1.165) is 16.5 Å². The number of benzene rings is 1. The van der Waals surface area contributed by atoms with Crippen LogP contribution in [0.25, 0.3) is 10.9 Å². The quantitative estimate of drug-likeness (QED) is 0.119. The van der Waals surface area contributed by atoms with Crippen molar-refractivity contribution in [3.05, 3.63) is 36.0 Å². The van der Waals surface area contributed by atoms with Gasteiger partial charge in [-0.25, -0.2) is 4.79 Å². The highest BCUT2D eigenvalue weighted by molar-refractivity contribution is 5.96. The van der Waals surface area contributed by atoms with Gasteiger partial charge in [-0.05, 0) is 56.2 Å². The number of aromatic nitrogens is 1. The summed E-state index contributed by atoms with van der Waals surface area (Å²) in [4.78, 5) is 65.6. The molecule has 0 spiro atoms. The number of aliphatic carboxylic acids is 1. The first-order valence-electron chi connectivity index (χ1n) is 13.4. The van der Waals surface area contributed by atoms with Gasteiger partial charge in [0, 0.05) is 17.1 Å². The van der Waals surface area contributed by atoms with Crippen molar-refractivity contribution in [1.82, 2.24) is 20.9 Å². The van der Waals surface area contributed by atoms with E-state index in [1.807, 2.05) is 38.1 Å². The number of carbonyl (C=O) groups excluding carboxylic acids is 4. The second kappa shape index (κ2) is 15.6. The summed E-state index contributed by atoms with van der Waals surface area (Å²) >= 11 is 0. The van der Waals surface area contributed by atoms with E-state index in [1.54, 1.807) is 6.20 Å². The topological polar surface area (TPSA) is 236 Å². The van der Waals surface area contributed by atoms with Gasteiger partial charge >= 0.3 is 5.97 Å². The van der Waals surface area contributed by atoms with Gasteiger partial charge in [-0.3, -0.25) is 19.2 Å². The zero-order chi connectivity index (χ0) is 29.8. The zero-order valence-electron chi connectivity index (χ0n) is 22.9. The van der Waals surface area contributed by atoms with E-state index in [0.29, 0.717) is 19.4 Å². The van der Waals surface area contributed by atoms with Crippen LogP contribution in [0.2, 0.25) is 0 Å². The van der Waals surface area contributed by atoms with Gasteiger partial charge in [0.2, 0.25) is 23.6 Å². The summed E-state index contributed by atoms with van der Waals surface area (Å²) in [5, 5.41) is 17.9. The molecule has 1 heterocycles. The van der Waals surface area contributed by atoms with Crippen molar-refractivity contribution in [2.24, 2.45) is 23.1 Å². The average molecular weight is 560 g/mol. The van der Waals surface area contributed by atoms with Gasteiger partial charge in [-0.2, -0.15) is 0 Å². The van der Waals surface area contributed by atoms with Gasteiger partial charge in [-0.15, -0.1) is 0 Å². The predicted molar refractivity (Wildman–Crippen MR) is 150 cm³/mol. The summed E-state index contributed by atoms with van der Waals surface area (Å²) in [5.41, 5.74) is 18.6. The minimum Gasteiger partial charge on any atom is -0.480 e. The number of carbonyl (C=O) groups is 5. The molecule has 4 atom stereocenters. The van der Waals surface area contributed by atoms with Crippen LogP contribution in [-0.4, -0.2) is 70.4 Å². The minimum atomic E-state index is -1.39. The maximum Gasteiger partial charge on any atom is 0.326 e. The van der Waals surface area contributed by atoms with E-state index in [-0.39, 0.29) is 25.2 Å². The Morgan fingerprint density at radius 3 is 2.17 bits per heavy atom. The first-order chi connectivity index (χ1) is 18.9. The number of amides is 4. The lowest BCUT2D eigenvalue weighted by molar-refractivity contribution is -0.142. The van der Waals surface area contributed by atoms with Gasteiger partial charge in [0.25, 0.3) is 0 Å². The lowest BCUT2D eigenvalue weighted by Gasteiger charge is -2.25. The molecule has 0 aliphatic rings. The maximum atomic E-state index is 13.2. The molecule has 2 rings (SSSR count). The first kappa shape index (κ1) is 32.2. The third kappa shape index (κ3) is 9.97. The van der Waals surface area contributed by atoms with Crippen molar-refractivity contribution in [2.75, 3.05) is 6.54 Å². The highest BCUT2D eigenvalue weighted by Gasteiger charge is 2.31. The molecule has 4 amide bonds. The Hall–Kier alpha value is -3.97. The molecule has 1 aromatic heterocycles. The molecule has 2 aromatic rings. The van der Waals surface area contributed by atoms with Crippen LogP contribution in [0.1, 0.15) is 51.5 Å². The third-order valence-electron chi connectivity index (χ3n) is 6.39. The van der Waals surface area contributed by atoms with Gasteiger partial charge in [0.1, 0.15) is 18.1 Å². The number of hydrogen-bond acceptors (Lipinski definition) is 7. The van der Waals surface area contributed by atoms with Crippen LogP contribution in [0.15, 0.2) is 30.5 Å². The van der Waals surface area contributed by atoms with Crippen molar-refractivity contribution in [3.63, 3.8) is 0 Å². The number of para-hydroxylation sites is 1. The SMILES string of the molecule is CC(C)CC(NC(=O)C(CC(N)=O)NC(=O)C(N)Cc1c[nH]c2ccccc12)C(=O)NC(CCCCN)C(=O)O. The Labute approximate surface area is 233 Å². The Morgan fingerprint density at radius 2 is 1.55 bits per heavy atom. The van der Waals surface area contributed by atoms with Crippen molar-refractivity contribution >= 4 is 40.5 Å². The molecule has 0 bridgehead atoms.